The van der Waals surface area contributed by atoms with Crippen LogP contribution >= 0.6 is 11.3 Å². The van der Waals surface area contributed by atoms with Gasteiger partial charge in [0.2, 0.25) is 0 Å². The number of carbonyl (C=O) groups excluding carboxylic acids is 2. The van der Waals surface area contributed by atoms with Gasteiger partial charge in [0.1, 0.15) is 10.7 Å². The summed E-state index contributed by atoms with van der Waals surface area (Å²) in [5.74, 6) is -2.26. The Bertz CT molecular complexity index is 1310. The molecule has 0 aliphatic carbocycles. The van der Waals surface area contributed by atoms with Gasteiger partial charge in [-0.25, -0.2) is 4.79 Å². The minimum absolute atomic E-state index is 0.0861. The van der Waals surface area contributed by atoms with Crippen molar-refractivity contribution >= 4 is 40.6 Å². The van der Waals surface area contributed by atoms with Crippen LogP contribution in [0.5, 0.6) is 0 Å². The van der Waals surface area contributed by atoms with E-state index in [0.717, 1.165) is 11.3 Å². The molecule has 3 rings (SSSR count). The zero-order chi connectivity index (χ0) is 26.6. The highest BCUT2D eigenvalue weighted by molar-refractivity contribution is 7.12. The zero-order valence-corrected chi connectivity index (χ0v) is 20.9. The van der Waals surface area contributed by atoms with Crippen LogP contribution in [0.15, 0.2) is 53.9 Å². The van der Waals surface area contributed by atoms with Crippen molar-refractivity contribution in [2.24, 2.45) is 11.1 Å². The number of carboxylic acid groups (broad SMARTS) is 1. The van der Waals surface area contributed by atoms with E-state index >= 15 is 0 Å². The summed E-state index contributed by atoms with van der Waals surface area (Å²) in [6.45, 7) is 5.37. The van der Waals surface area contributed by atoms with E-state index in [1.54, 1.807) is 35.7 Å². The summed E-state index contributed by atoms with van der Waals surface area (Å²) in [5, 5.41) is 34.2. The van der Waals surface area contributed by atoms with Gasteiger partial charge in [-0.15, -0.1) is 11.3 Å². The fraction of sp³-hybridized carbons (Fsp3) is 0.231. The van der Waals surface area contributed by atoms with Gasteiger partial charge in [0.15, 0.2) is 0 Å². The smallest absolute Gasteiger partial charge is 0.336 e. The highest BCUT2D eigenvalue weighted by Gasteiger charge is 2.27. The SMILES string of the molecule is CC(C)(C)[C@@H](CO)NC(=O)c1ccc(-c2ccsc2C(=O)Nc2ccc(C(=N)N)cc2)c(C(=O)O)c1. The predicted octanol–water partition coefficient (Wildman–Crippen LogP) is 3.79. The number of carboxylic acids is 1. The molecule has 7 N–H and O–H groups in total. The fourth-order valence-corrected chi connectivity index (χ4v) is 4.30. The minimum atomic E-state index is -1.24. The van der Waals surface area contributed by atoms with Gasteiger partial charge in [0, 0.05) is 22.4 Å². The molecule has 10 heteroatoms. The monoisotopic (exact) mass is 508 g/mol. The number of aliphatic hydroxyl groups is 1. The lowest BCUT2D eigenvalue weighted by Crippen LogP contribution is -2.46. The predicted molar refractivity (Wildman–Crippen MR) is 140 cm³/mol. The molecule has 0 unspecified atom stereocenters. The Morgan fingerprint density at radius 1 is 1.00 bits per heavy atom. The molecule has 2 aromatic carbocycles. The van der Waals surface area contributed by atoms with Crippen LogP contribution in [0, 0.1) is 10.8 Å². The first-order valence-electron chi connectivity index (χ1n) is 11.0. The number of hydrogen-bond donors (Lipinski definition) is 6. The number of aromatic carboxylic acids is 1. The van der Waals surface area contributed by atoms with Crippen LogP contribution in [0.1, 0.15) is 56.7 Å². The van der Waals surface area contributed by atoms with E-state index in [1.807, 2.05) is 20.8 Å². The fourth-order valence-electron chi connectivity index (χ4n) is 3.49. The molecule has 0 saturated heterocycles. The van der Waals surface area contributed by atoms with Gasteiger partial charge >= 0.3 is 5.97 Å². The number of nitrogens with two attached hydrogens (primary N) is 1. The third kappa shape index (κ3) is 5.96. The molecule has 1 aromatic heterocycles. The van der Waals surface area contributed by atoms with Crippen molar-refractivity contribution in [2.45, 2.75) is 26.8 Å². The summed E-state index contributed by atoms with van der Waals surface area (Å²) >= 11 is 1.16. The number of anilines is 1. The maximum atomic E-state index is 13.0. The van der Waals surface area contributed by atoms with Gasteiger partial charge < -0.3 is 26.6 Å². The van der Waals surface area contributed by atoms with Gasteiger partial charge in [-0.2, -0.15) is 0 Å². The highest BCUT2D eigenvalue weighted by atomic mass is 32.1. The lowest BCUT2D eigenvalue weighted by atomic mass is 9.87. The second-order valence-electron chi connectivity index (χ2n) is 9.25. The van der Waals surface area contributed by atoms with Gasteiger partial charge in [-0.05, 0) is 58.8 Å². The molecule has 3 aromatic rings. The van der Waals surface area contributed by atoms with Gasteiger partial charge in [0.25, 0.3) is 11.8 Å². The summed E-state index contributed by atoms with van der Waals surface area (Å²) in [7, 11) is 0. The largest absolute Gasteiger partial charge is 0.478 e. The molecule has 188 valence electrons. The van der Waals surface area contributed by atoms with Gasteiger partial charge in [-0.3, -0.25) is 15.0 Å². The molecule has 2 amide bonds. The third-order valence-electron chi connectivity index (χ3n) is 5.66. The van der Waals surface area contributed by atoms with Crippen molar-refractivity contribution in [3.05, 3.63) is 75.5 Å². The Morgan fingerprint density at radius 3 is 2.19 bits per heavy atom. The molecule has 0 spiro atoms. The second-order valence-corrected chi connectivity index (χ2v) is 10.2. The lowest BCUT2D eigenvalue weighted by Gasteiger charge is -2.29. The summed E-state index contributed by atoms with van der Waals surface area (Å²) in [6.07, 6.45) is 0. The van der Waals surface area contributed by atoms with Crippen LogP contribution in [0.2, 0.25) is 0 Å². The van der Waals surface area contributed by atoms with Crippen molar-refractivity contribution in [1.82, 2.24) is 5.32 Å². The number of carbonyl (C=O) groups is 3. The number of amides is 2. The first-order valence-corrected chi connectivity index (χ1v) is 11.9. The number of amidine groups is 1. The van der Waals surface area contributed by atoms with E-state index in [4.69, 9.17) is 11.1 Å². The van der Waals surface area contributed by atoms with Crippen molar-refractivity contribution in [2.75, 3.05) is 11.9 Å². The average molecular weight is 509 g/mol. The van der Waals surface area contributed by atoms with Crippen LogP contribution in [-0.2, 0) is 0 Å². The van der Waals surface area contributed by atoms with Crippen molar-refractivity contribution in [3.63, 3.8) is 0 Å². The maximum absolute atomic E-state index is 13.0. The van der Waals surface area contributed by atoms with E-state index in [1.165, 1.54) is 18.2 Å². The topological polar surface area (TPSA) is 166 Å². The Hall–Kier alpha value is -4.02. The zero-order valence-electron chi connectivity index (χ0n) is 20.1. The van der Waals surface area contributed by atoms with Gasteiger partial charge in [0.05, 0.1) is 18.2 Å². The first kappa shape index (κ1) is 26.6. The van der Waals surface area contributed by atoms with Crippen molar-refractivity contribution in [3.8, 4) is 11.1 Å². The van der Waals surface area contributed by atoms with Crippen molar-refractivity contribution in [1.29, 1.82) is 5.41 Å². The quantitative estimate of drug-likeness (QED) is 0.200. The summed E-state index contributed by atoms with van der Waals surface area (Å²) in [4.78, 5) is 38.2. The minimum Gasteiger partial charge on any atom is -0.478 e. The van der Waals surface area contributed by atoms with Crippen LogP contribution in [0.25, 0.3) is 11.1 Å². The second kappa shape index (κ2) is 10.7. The van der Waals surface area contributed by atoms with Crippen molar-refractivity contribution < 1.29 is 24.6 Å². The maximum Gasteiger partial charge on any atom is 0.336 e. The van der Waals surface area contributed by atoms with Gasteiger partial charge in [-0.1, -0.05) is 26.8 Å². The number of aliphatic hydroxyl groups excluding tert-OH is 1. The normalized spacial score (nSPS) is 12.0. The number of nitrogen functional groups attached to an aromatic ring is 1. The molecule has 1 heterocycles. The van der Waals surface area contributed by atoms with E-state index in [2.05, 4.69) is 10.6 Å². The van der Waals surface area contributed by atoms with E-state index in [-0.39, 0.29) is 23.6 Å². The Kier molecular flexibility index (Phi) is 7.91. The molecule has 0 fully saturated rings. The number of nitrogens with one attached hydrogen (secondary N) is 3. The molecule has 0 aliphatic heterocycles. The number of thiophene rings is 1. The summed E-state index contributed by atoms with van der Waals surface area (Å²) in [5.41, 5.74) is 6.80. The number of hydrogen-bond acceptors (Lipinski definition) is 6. The Labute approximate surface area is 212 Å². The molecule has 0 bridgehead atoms. The van der Waals surface area contributed by atoms with E-state index < -0.39 is 29.2 Å². The molecule has 0 radical (unpaired) electrons. The summed E-state index contributed by atoms with van der Waals surface area (Å²) in [6, 6.07) is 11.9. The third-order valence-corrected chi connectivity index (χ3v) is 6.57. The molecule has 36 heavy (non-hydrogen) atoms. The van der Waals surface area contributed by atoms with Crippen LogP contribution in [0.3, 0.4) is 0 Å². The first-order chi connectivity index (χ1) is 16.9. The number of benzene rings is 2. The average Bonchev–Trinajstić information content (AvgIpc) is 3.31. The molecule has 9 nitrogen and oxygen atoms in total. The molecule has 0 aliphatic rings. The van der Waals surface area contributed by atoms with E-state index in [0.29, 0.717) is 27.3 Å². The summed E-state index contributed by atoms with van der Waals surface area (Å²) < 4.78 is 0. The number of rotatable bonds is 8. The highest BCUT2D eigenvalue weighted by Crippen LogP contribution is 2.32. The molecule has 1 atom stereocenters. The van der Waals surface area contributed by atoms with Crippen LogP contribution in [0.4, 0.5) is 5.69 Å². The molecular formula is C26H28N4O5S. The molecular weight excluding hydrogens is 480 g/mol. The standard InChI is InChI=1S/C26H28N4O5S/c1-26(2,3)20(13-31)30-23(32)15-6-9-17(19(12-15)25(34)35)18-10-11-36-21(18)24(33)29-16-7-4-14(5-8-16)22(27)28/h4-12,20,31H,13H2,1-3H3,(H3,27,28)(H,29,33)(H,30,32)(H,34,35)/t20-/m1/s1. The van der Waals surface area contributed by atoms with Crippen LogP contribution in [-0.4, -0.2) is 46.5 Å². The van der Waals surface area contributed by atoms with E-state index in [9.17, 15) is 24.6 Å². The lowest BCUT2D eigenvalue weighted by molar-refractivity contribution is 0.0697. The Balaban J connectivity index is 1.90. The van der Waals surface area contributed by atoms with Crippen LogP contribution < -0.4 is 16.4 Å². The molecule has 0 saturated carbocycles. The Morgan fingerprint density at radius 2 is 1.64 bits per heavy atom.